The fraction of sp³-hybridized carbons (Fsp3) is 0.0714. The molecule has 0 saturated heterocycles. The van der Waals surface area contributed by atoms with Crippen molar-refractivity contribution in [3.63, 3.8) is 0 Å². The average molecular weight is 310 g/mol. The standard InChI is InChI=1S/C14H12F2N2O2S/c15-9-2-1-3-11(6-9)21(20)8-14(19)18-13-7-10(17)4-5-12(13)16/h1-7H,8,17H2,(H,18,19). The van der Waals surface area contributed by atoms with E-state index in [4.69, 9.17) is 5.73 Å². The molecule has 0 radical (unpaired) electrons. The first-order chi connectivity index (χ1) is 9.95. The predicted molar refractivity (Wildman–Crippen MR) is 77.1 cm³/mol. The molecular formula is C14H12F2N2O2S. The van der Waals surface area contributed by atoms with Crippen LogP contribution in [0.25, 0.3) is 0 Å². The van der Waals surface area contributed by atoms with Crippen LogP contribution in [0.1, 0.15) is 0 Å². The maximum Gasteiger partial charge on any atom is 0.237 e. The highest BCUT2D eigenvalue weighted by Gasteiger charge is 2.13. The van der Waals surface area contributed by atoms with E-state index in [1.165, 1.54) is 30.3 Å². The molecule has 4 nitrogen and oxygen atoms in total. The molecule has 1 atom stereocenters. The van der Waals surface area contributed by atoms with E-state index in [-0.39, 0.29) is 16.3 Å². The van der Waals surface area contributed by atoms with Crippen molar-refractivity contribution in [3.05, 3.63) is 54.1 Å². The molecule has 21 heavy (non-hydrogen) atoms. The molecule has 0 aliphatic rings. The zero-order chi connectivity index (χ0) is 15.4. The molecule has 2 aromatic rings. The number of rotatable bonds is 4. The summed E-state index contributed by atoms with van der Waals surface area (Å²) in [7, 11) is -1.72. The van der Waals surface area contributed by atoms with Crippen LogP contribution in [0.2, 0.25) is 0 Å². The monoisotopic (exact) mass is 310 g/mol. The summed E-state index contributed by atoms with van der Waals surface area (Å²) < 4.78 is 38.4. The van der Waals surface area contributed by atoms with Crippen LogP contribution in [0.3, 0.4) is 0 Å². The van der Waals surface area contributed by atoms with Crippen LogP contribution in [0, 0.1) is 11.6 Å². The van der Waals surface area contributed by atoms with Crippen molar-refractivity contribution in [1.29, 1.82) is 0 Å². The summed E-state index contributed by atoms with van der Waals surface area (Å²) in [5.41, 5.74) is 5.70. The Hall–Kier alpha value is -2.28. The third kappa shape index (κ3) is 4.09. The lowest BCUT2D eigenvalue weighted by Gasteiger charge is -2.07. The van der Waals surface area contributed by atoms with Gasteiger partial charge in [-0.15, -0.1) is 0 Å². The summed E-state index contributed by atoms with van der Waals surface area (Å²) in [6.07, 6.45) is 0. The Morgan fingerprint density at radius 3 is 2.67 bits per heavy atom. The summed E-state index contributed by atoms with van der Waals surface area (Å²) in [4.78, 5) is 11.9. The molecule has 0 aliphatic heterocycles. The number of carbonyl (C=O) groups is 1. The van der Waals surface area contributed by atoms with Gasteiger partial charge in [0.2, 0.25) is 5.91 Å². The first-order valence-electron chi connectivity index (χ1n) is 5.94. The third-order valence-electron chi connectivity index (χ3n) is 2.59. The molecule has 2 rings (SSSR count). The van der Waals surface area contributed by atoms with Gasteiger partial charge in [0.15, 0.2) is 0 Å². The van der Waals surface area contributed by atoms with E-state index in [1.807, 2.05) is 0 Å². The van der Waals surface area contributed by atoms with Gasteiger partial charge in [-0.25, -0.2) is 8.78 Å². The number of halogens is 2. The van der Waals surface area contributed by atoms with Gasteiger partial charge in [-0.2, -0.15) is 0 Å². The van der Waals surface area contributed by atoms with Gasteiger partial charge in [-0.1, -0.05) is 6.07 Å². The topological polar surface area (TPSA) is 72.2 Å². The smallest absolute Gasteiger partial charge is 0.237 e. The van der Waals surface area contributed by atoms with Crippen molar-refractivity contribution in [2.24, 2.45) is 0 Å². The maximum absolute atomic E-state index is 13.4. The predicted octanol–water partition coefficient (Wildman–Crippen LogP) is 2.29. The Morgan fingerprint density at radius 1 is 1.19 bits per heavy atom. The largest absolute Gasteiger partial charge is 0.399 e. The zero-order valence-corrected chi connectivity index (χ0v) is 11.6. The van der Waals surface area contributed by atoms with Gasteiger partial charge >= 0.3 is 0 Å². The molecule has 1 unspecified atom stereocenters. The van der Waals surface area contributed by atoms with Crippen LogP contribution in [0.5, 0.6) is 0 Å². The molecule has 0 bridgehead atoms. The minimum atomic E-state index is -1.72. The molecule has 1 amide bonds. The molecular weight excluding hydrogens is 298 g/mol. The van der Waals surface area contributed by atoms with E-state index in [1.54, 1.807) is 0 Å². The lowest BCUT2D eigenvalue weighted by Crippen LogP contribution is -2.20. The fourth-order valence-corrected chi connectivity index (χ4v) is 2.59. The number of carbonyl (C=O) groups excluding carboxylic acids is 1. The van der Waals surface area contributed by atoms with Crippen molar-refractivity contribution in [1.82, 2.24) is 0 Å². The van der Waals surface area contributed by atoms with Crippen molar-refractivity contribution in [2.75, 3.05) is 16.8 Å². The van der Waals surface area contributed by atoms with Crippen molar-refractivity contribution < 1.29 is 17.8 Å². The summed E-state index contributed by atoms with van der Waals surface area (Å²) in [5, 5.41) is 2.29. The van der Waals surface area contributed by atoms with E-state index in [9.17, 15) is 17.8 Å². The van der Waals surface area contributed by atoms with Crippen molar-refractivity contribution in [3.8, 4) is 0 Å². The normalized spacial score (nSPS) is 11.9. The van der Waals surface area contributed by atoms with Crippen LogP contribution in [-0.4, -0.2) is 15.9 Å². The van der Waals surface area contributed by atoms with Gasteiger partial charge in [-0.05, 0) is 36.4 Å². The second-order valence-electron chi connectivity index (χ2n) is 4.23. The van der Waals surface area contributed by atoms with E-state index < -0.39 is 34.1 Å². The Kier molecular flexibility index (Phi) is 4.64. The van der Waals surface area contributed by atoms with Crippen molar-refractivity contribution >= 4 is 28.1 Å². The zero-order valence-electron chi connectivity index (χ0n) is 10.8. The van der Waals surface area contributed by atoms with Crippen LogP contribution in [0.15, 0.2) is 47.4 Å². The van der Waals surface area contributed by atoms with Gasteiger partial charge < -0.3 is 11.1 Å². The second kappa shape index (κ2) is 6.45. The van der Waals surface area contributed by atoms with Gasteiger partial charge in [0.05, 0.1) is 16.5 Å². The maximum atomic E-state index is 13.4. The van der Waals surface area contributed by atoms with Gasteiger partial charge in [0.1, 0.15) is 17.4 Å². The third-order valence-corrected chi connectivity index (χ3v) is 3.89. The summed E-state index contributed by atoms with van der Waals surface area (Å²) in [6, 6.07) is 8.89. The highest BCUT2D eigenvalue weighted by Crippen LogP contribution is 2.17. The second-order valence-corrected chi connectivity index (χ2v) is 5.69. The van der Waals surface area contributed by atoms with Gasteiger partial charge in [0.25, 0.3) is 0 Å². The number of nitrogens with two attached hydrogens (primary N) is 1. The molecule has 0 spiro atoms. The molecule has 110 valence electrons. The molecule has 0 heterocycles. The molecule has 0 aromatic heterocycles. The van der Waals surface area contributed by atoms with Gasteiger partial charge in [0, 0.05) is 10.6 Å². The summed E-state index contributed by atoms with van der Waals surface area (Å²) in [6.45, 7) is 0. The van der Waals surface area contributed by atoms with Crippen LogP contribution in [-0.2, 0) is 15.6 Å². The Morgan fingerprint density at radius 2 is 1.95 bits per heavy atom. The molecule has 0 aliphatic carbocycles. The van der Waals surface area contributed by atoms with Crippen LogP contribution < -0.4 is 11.1 Å². The minimum absolute atomic E-state index is 0.0868. The molecule has 0 saturated carbocycles. The van der Waals surface area contributed by atoms with Crippen LogP contribution in [0.4, 0.5) is 20.2 Å². The van der Waals surface area contributed by atoms with E-state index >= 15 is 0 Å². The quantitative estimate of drug-likeness (QED) is 0.851. The lowest BCUT2D eigenvalue weighted by atomic mass is 10.2. The average Bonchev–Trinajstić information content (AvgIpc) is 2.42. The minimum Gasteiger partial charge on any atom is -0.399 e. The highest BCUT2D eigenvalue weighted by atomic mass is 32.2. The molecule has 2 aromatic carbocycles. The Balaban J connectivity index is 2.05. The summed E-state index contributed by atoms with van der Waals surface area (Å²) in [5.74, 6) is -2.24. The number of anilines is 2. The highest BCUT2D eigenvalue weighted by molar-refractivity contribution is 7.85. The number of nitrogens with one attached hydrogen (secondary N) is 1. The van der Waals surface area contributed by atoms with Crippen molar-refractivity contribution in [2.45, 2.75) is 4.90 Å². The number of hydrogen-bond acceptors (Lipinski definition) is 3. The van der Waals surface area contributed by atoms with E-state index in [2.05, 4.69) is 5.32 Å². The SMILES string of the molecule is Nc1ccc(F)c(NC(=O)CS(=O)c2cccc(F)c2)c1. The number of benzene rings is 2. The van der Waals surface area contributed by atoms with Gasteiger partial charge in [-0.3, -0.25) is 9.00 Å². The van der Waals surface area contributed by atoms with E-state index in [0.29, 0.717) is 0 Å². The number of nitrogen functional groups attached to an aromatic ring is 1. The Labute approximate surface area is 122 Å². The Bertz CT molecular complexity index is 707. The number of amides is 1. The molecule has 0 fully saturated rings. The number of hydrogen-bond donors (Lipinski definition) is 2. The van der Waals surface area contributed by atoms with E-state index in [0.717, 1.165) is 12.1 Å². The first-order valence-corrected chi connectivity index (χ1v) is 7.26. The molecule has 7 heteroatoms. The first kappa shape index (κ1) is 15.1. The molecule has 3 N–H and O–H groups in total. The summed E-state index contributed by atoms with van der Waals surface area (Å²) >= 11 is 0. The van der Waals surface area contributed by atoms with Crippen LogP contribution >= 0.6 is 0 Å². The lowest BCUT2D eigenvalue weighted by molar-refractivity contribution is -0.113. The fourth-order valence-electron chi connectivity index (χ4n) is 1.64.